The van der Waals surface area contributed by atoms with Gasteiger partial charge in [0, 0.05) is 20.6 Å². The van der Waals surface area contributed by atoms with Crippen LogP contribution in [0.5, 0.6) is 0 Å². The predicted molar refractivity (Wildman–Crippen MR) is 68.6 cm³/mol. The van der Waals surface area contributed by atoms with Gasteiger partial charge >= 0.3 is 0 Å². The van der Waals surface area contributed by atoms with Crippen LogP contribution in [0.4, 0.5) is 23.3 Å². The summed E-state index contributed by atoms with van der Waals surface area (Å²) >= 11 is 0. The minimum absolute atomic E-state index is 0.317. The fraction of sp³-hybridized carbons (Fsp3) is 0.600. The van der Waals surface area contributed by atoms with Gasteiger partial charge in [-0.15, -0.1) is 0 Å². The van der Waals surface area contributed by atoms with E-state index in [1.807, 2.05) is 14.1 Å². The van der Waals surface area contributed by atoms with Gasteiger partial charge in [-0.1, -0.05) is 13.3 Å². The summed E-state index contributed by atoms with van der Waals surface area (Å²) in [6.07, 6.45) is 2.19. The van der Waals surface area contributed by atoms with Gasteiger partial charge < -0.3 is 21.7 Å². The maximum atomic E-state index is 5.80. The van der Waals surface area contributed by atoms with E-state index in [4.69, 9.17) is 11.5 Å². The zero-order chi connectivity index (χ0) is 12.1. The van der Waals surface area contributed by atoms with Gasteiger partial charge in [-0.2, -0.15) is 9.97 Å². The van der Waals surface area contributed by atoms with Crippen LogP contribution in [0, 0.1) is 0 Å². The molecule has 0 spiro atoms. The molecule has 0 bridgehead atoms. The Morgan fingerprint density at radius 3 is 2.50 bits per heavy atom. The number of aromatic nitrogens is 2. The summed E-state index contributed by atoms with van der Waals surface area (Å²) in [5.74, 6) is 1.49. The van der Waals surface area contributed by atoms with Crippen molar-refractivity contribution in [3.63, 3.8) is 0 Å². The third-order valence-corrected chi connectivity index (χ3v) is 2.19. The maximum absolute atomic E-state index is 5.80. The van der Waals surface area contributed by atoms with Crippen LogP contribution in [-0.4, -0.2) is 30.6 Å². The molecule has 1 aromatic heterocycles. The van der Waals surface area contributed by atoms with Gasteiger partial charge in [0.05, 0.1) is 0 Å². The fourth-order valence-electron chi connectivity index (χ4n) is 1.19. The molecule has 0 aromatic carbocycles. The molecule has 0 amide bonds. The number of anilines is 4. The summed E-state index contributed by atoms with van der Waals surface area (Å²) in [5.41, 5.74) is 11.9. The van der Waals surface area contributed by atoms with Gasteiger partial charge in [0.2, 0.25) is 5.95 Å². The van der Waals surface area contributed by atoms with E-state index in [9.17, 15) is 0 Å². The summed E-state index contributed by atoms with van der Waals surface area (Å²) in [6, 6.07) is 0. The third-order valence-electron chi connectivity index (χ3n) is 2.19. The van der Waals surface area contributed by atoms with Crippen LogP contribution in [0.25, 0.3) is 0 Å². The molecule has 0 fully saturated rings. The number of hydrogen-bond acceptors (Lipinski definition) is 6. The molecule has 16 heavy (non-hydrogen) atoms. The van der Waals surface area contributed by atoms with Crippen LogP contribution in [0.3, 0.4) is 0 Å². The normalized spacial score (nSPS) is 10.2. The minimum Gasteiger partial charge on any atom is -0.393 e. The molecule has 6 nitrogen and oxygen atoms in total. The number of nitrogens with two attached hydrogens (primary N) is 2. The number of nitrogens with one attached hydrogen (secondary N) is 1. The summed E-state index contributed by atoms with van der Waals surface area (Å²) in [4.78, 5) is 10.2. The monoisotopic (exact) mass is 224 g/mol. The van der Waals surface area contributed by atoms with E-state index in [0.29, 0.717) is 23.3 Å². The first-order chi connectivity index (χ1) is 7.56. The zero-order valence-corrected chi connectivity index (χ0v) is 10.1. The first-order valence-electron chi connectivity index (χ1n) is 5.40. The lowest BCUT2D eigenvalue weighted by atomic mass is 10.3. The molecule has 5 N–H and O–H groups in total. The topological polar surface area (TPSA) is 93.1 Å². The summed E-state index contributed by atoms with van der Waals surface area (Å²) in [6.45, 7) is 2.97. The van der Waals surface area contributed by atoms with E-state index in [-0.39, 0.29) is 0 Å². The number of hydrogen-bond donors (Lipinski definition) is 3. The highest BCUT2D eigenvalue weighted by molar-refractivity contribution is 5.74. The molecule has 0 saturated heterocycles. The van der Waals surface area contributed by atoms with E-state index >= 15 is 0 Å². The Balaban J connectivity index is 2.88. The number of nitrogens with zero attached hydrogens (tertiary/aromatic N) is 3. The van der Waals surface area contributed by atoms with Crippen molar-refractivity contribution >= 4 is 23.3 Å². The molecule has 0 aliphatic carbocycles. The third kappa shape index (κ3) is 2.88. The Labute approximate surface area is 96.0 Å². The Kier molecular flexibility index (Phi) is 4.16. The molecule has 0 saturated carbocycles. The summed E-state index contributed by atoms with van der Waals surface area (Å²) in [7, 11) is 3.72. The van der Waals surface area contributed by atoms with Crippen LogP contribution in [0.1, 0.15) is 19.8 Å². The van der Waals surface area contributed by atoms with Gasteiger partial charge in [-0.05, 0) is 6.42 Å². The Morgan fingerprint density at radius 1 is 1.25 bits per heavy atom. The first kappa shape index (κ1) is 12.4. The fourth-order valence-corrected chi connectivity index (χ4v) is 1.19. The number of rotatable bonds is 5. The van der Waals surface area contributed by atoms with Gasteiger partial charge in [-0.3, -0.25) is 0 Å². The second kappa shape index (κ2) is 5.39. The van der Waals surface area contributed by atoms with E-state index in [1.54, 1.807) is 4.90 Å². The van der Waals surface area contributed by atoms with Crippen LogP contribution in [0.15, 0.2) is 0 Å². The van der Waals surface area contributed by atoms with Crippen molar-refractivity contribution in [1.29, 1.82) is 0 Å². The van der Waals surface area contributed by atoms with E-state index < -0.39 is 0 Å². The quantitative estimate of drug-likeness (QED) is 0.644. The first-order valence-corrected chi connectivity index (χ1v) is 5.40. The van der Waals surface area contributed by atoms with Gasteiger partial charge in [-0.25, -0.2) is 0 Å². The average Bonchev–Trinajstić information content (AvgIpc) is 2.24. The Morgan fingerprint density at radius 2 is 1.94 bits per heavy atom. The van der Waals surface area contributed by atoms with Gasteiger partial charge in [0.25, 0.3) is 0 Å². The van der Waals surface area contributed by atoms with Crippen molar-refractivity contribution < 1.29 is 0 Å². The van der Waals surface area contributed by atoms with E-state index in [1.165, 1.54) is 0 Å². The largest absolute Gasteiger partial charge is 0.393 e. The molecule has 0 aliphatic rings. The lowest BCUT2D eigenvalue weighted by Crippen LogP contribution is -2.17. The Hall–Kier alpha value is -1.72. The van der Waals surface area contributed by atoms with Crippen molar-refractivity contribution in [3.05, 3.63) is 0 Å². The lowest BCUT2D eigenvalue weighted by molar-refractivity contribution is 0.830. The van der Waals surface area contributed by atoms with E-state index in [0.717, 1.165) is 19.4 Å². The molecule has 6 heteroatoms. The van der Waals surface area contributed by atoms with Crippen molar-refractivity contribution in [2.45, 2.75) is 19.8 Å². The molecule has 90 valence electrons. The highest BCUT2D eigenvalue weighted by Gasteiger charge is 2.09. The summed E-state index contributed by atoms with van der Waals surface area (Å²) in [5, 5.41) is 3.17. The smallest absolute Gasteiger partial charge is 0.228 e. The van der Waals surface area contributed by atoms with Crippen LogP contribution < -0.4 is 21.7 Å². The molecular formula is C10H20N6. The minimum atomic E-state index is 0.317. The molecular weight excluding hydrogens is 204 g/mol. The molecule has 0 atom stereocenters. The van der Waals surface area contributed by atoms with E-state index in [2.05, 4.69) is 22.2 Å². The average molecular weight is 224 g/mol. The van der Waals surface area contributed by atoms with Crippen molar-refractivity contribution in [2.24, 2.45) is 0 Å². The van der Waals surface area contributed by atoms with Crippen molar-refractivity contribution in [3.8, 4) is 0 Å². The van der Waals surface area contributed by atoms with Gasteiger partial charge in [0.15, 0.2) is 11.6 Å². The predicted octanol–water partition coefficient (Wildman–Crippen LogP) is 0.919. The van der Waals surface area contributed by atoms with Crippen molar-refractivity contribution in [2.75, 3.05) is 42.3 Å². The second-order valence-corrected chi connectivity index (χ2v) is 3.85. The molecule has 1 rings (SSSR count). The standard InChI is InChI=1S/C10H20N6/c1-4-5-6-13-9-7(11)8(12)14-10(15-9)16(2)3/h4-6,11H2,1-3H3,(H3,12,13,14,15). The lowest BCUT2D eigenvalue weighted by Gasteiger charge is -2.15. The van der Waals surface area contributed by atoms with Crippen LogP contribution in [0.2, 0.25) is 0 Å². The Bertz CT molecular complexity index is 349. The molecule has 0 aliphatic heterocycles. The number of nitrogen functional groups attached to an aromatic ring is 2. The molecule has 0 radical (unpaired) electrons. The molecule has 1 aromatic rings. The van der Waals surface area contributed by atoms with Crippen LogP contribution in [-0.2, 0) is 0 Å². The molecule has 0 unspecified atom stereocenters. The zero-order valence-electron chi connectivity index (χ0n) is 10.1. The highest BCUT2D eigenvalue weighted by Crippen LogP contribution is 2.23. The summed E-state index contributed by atoms with van der Waals surface area (Å²) < 4.78 is 0. The van der Waals surface area contributed by atoms with Crippen molar-refractivity contribution in [1.82, 2.24) is 9.97 Å². The van der Waals surface area contributed by atoms with Gasteiger partial charge in [0.1, 0.15) is 5.69 Å². The highest BCUT2D eigenvalue weighted by atomic mass is 15.2. The SMILES string of the molecule is CCCCNc1nc(N(C)C)nc(N)c1N. The number of unbranched alkanes of at least 4 members (excludes halogenated alkanes) is 1. The van der Waals surface area contributed by atoms with Crippen LogP contribution >= 0.6 is 0 Å². The molecule has 1 heterocycles. The second-order valence-electron chi connectivity index (χ2n) is 3.85. The maximum Gasteiger partial charge on any atom is 0.228 e.